The van der Waals surface area contributed by atoms with Gasteiger partial charge >= 0.3 is 18.2 Å². The molecule has 0 bridgehead atoms. The van der Waals surface area contributed by atoms with Crippen molar-refractivity contribution in [3.05, 3.63) is 0 Å². The Bertz CT molecular complexity index is 467. The molecule has 1 N–H and O–H groups in total. The van der Waals surface area contributed by atoms with E-state index in [0.29, 0.717) is 38.8 Å². The molecule has 2 amide bonds. The van der Waals surface area contributed by atoms with Crippen LogP contribution in [-0.4, -0.2) is 62.0 Å². The van der Waals surface area contributed by atoms with Gasteiger partial charge in [-0.05, 0) is 12.8 Å². The third kappa shape index (κ3) is 4.30. The summed E-state index contributed by atoms with van der Waals surface area (Å²) in [4.78, 5) is 37.4. The van der Waals surface area contributed by atoms with E-state index < -0.39 is 17.6 Å². The summed E-state index contributed by atoms with van der Waals surface area (Å²) in [6.45, 7) is 0.958. The second-order valence-electron chi connectivity index (χ2n) is 6.32. The van der Waals surface area contributed by atoms with Crippen molar-refractivity contribution in [2.75, 3.05) is 27.3 Å². The van der Waals surface area contributed by atoms with Crippen molar-refractivity contribution in [1.29, 1.82) is 0 Å². The number of piperidine rings is 1. The van der Waals surface area contributed by atoms with Gasteiger partial charge in [0, 0.05) is 25.9 Å². The normalized spacial score (nSPS) is 20.8. The minimum atomic E-state index is -0.975. The molecule has 136 valence electrons. The highest BCUT2D eigenvalue weighted by molar-refractivity contribution is 5.85. The van der Waals surface area contributed by atoms with Crippen LogP contribution in [0.25, 0.3) is 0 Å². The van der Waals surface area contributed by atoms with E-state index in [1.807, 2.05) is 0 Å². The van der Waals surface area contributed by atoms with Crippen molar-refractivity contribution in [1.82, 2.24) is 10.2 Å². The number of methoxy groups -OCH3 is 2. The Morgan fingerprint density at radius 3 is 2.17 bits per heavy atom. The van der Waals surface area contributed by atoms with E-state index in [4.69, 9.17) is 9.47 Å². The van der Waals surface area contributed by atoms with E-state index in [2.05, 4.69) is 10.1 Å². The Labute approximate surface area is 141 Å². The minimum Gasteiger partial charge on any atom is -0.467 e. The van der Waals surface area contributed by atoms with Gasteiger partial charge in [-0.25, -0.2) is 14.4 Å². The van der Waals surface area contributed by atoms with Gasteiger partial charge in [0.15, 0.2) is 0 Å². The van der Waals surface area contributed by atoms with E-state index in [1.165, 1.54) is 14.2 Å². The summed E-state index contributed by atoms with van der Waals surface area (Å²) in [6.07, 6.45) is 3.76. The van der Waals surface area contributed by atoms with Crippen LogP contribution in [0.1, 0.15) is 44.9 Å². The quantitative estimate of drug-likeness (QED) is 0.621. The molecule has 2 rings (SSSR count). The summed E-state index contributed by atoms with van der Waals surface area (Å²) in [5.41, 5.74) is -0.975. The molecule has 1 heterocycles. The molecular formula is C16H26N2O6. The molecule has 1 saturated carbocycles. The van der Waals surface area contributed by atoms with Crippen molar-refractivity contribution < 1.29 is 28.6 Å². The van der Waals surface area contributed by atoms with Gasteiger partial charge < -0.3 is 24.4 Å². The predicted octanol–water partition coefficient (Wildman–Crippen LogP) is 1.82. The lowest BCUT2D eigenvalue weighted by Crippen LogP contribution is -2.56. The molecule has 0 unspecified atom stereocenters. The standard InChI is InChI=1S/C16H26N2O6/c1-22-13(19)16(8-4-3-5-9-16)17-14(20)24-12-6-10-18(11-7-12)15(21)23-2/h12H,3-11H2,1-2H3,(H,17,20). The van der Waals surface area contributed by atoms with Crippen molar-refractivity contribution in [3.63, 3.8) is 0 Å². The third-order valence-corrected chi connectivity index (χ3v) is 4.77. The molecule has 8 heteroatoms. The number of ether oxygens (including phenoxy) is 3. The summed E-state index contributed by atoms with van der Waals surface area (Å²) in [5, 5.41) is 2.73. The SMILES string of the molecule is COC(=O)N1CCC(OC(=O)NC2(C(=O)OC)CCCCC2)CC1. The first kappa shape index (κ1) is 18.4. The van der Waals surface area contributed by atoms with Crippen LogP contribution >= 0.6 is 0 Å². The topological polar surface area (TPSA) is 94.2 Å². The number of rotatable bonds is 3. The lowest BCUT2D eigenvalue weighted by molar-refractivity contribution is -0.150. The Morgan fingerprint density at radius 1 is 1.00 bits per heavy atom. The first-order chi connectivity index (χ1) is 11.5. The van der Waals surface area contributed by atoms with Crippen LogP contribution in [0.3, 0.4) is 0 Å². The fourth-order valence-corrected chi connectivity index (χ4v) is 3.39. The zero-order valence-electron chi connectivity index (χ0n) is 14.3. The first-order valence-corrected chi connectivity index (χ1v) is 8.41. The minimum absolute atomic E-state index is 0.274. The molecule has 1 aliphatic heterocycles. The summed E-state index contributed by atoms with van der Waals surface area (Å²) in [6, 6.07) is 0. The zero-order valence-corrected chi connectivity index (χ0v) is 14.3. The van der Waals surface area contributed by atoms with E-state index >= 15 is 0 Å². The maximum absolute atomic E-state index is 12.2. The molecule has 0 atom stereocenters. The fraction of sp³-hybridized carbons (Fsp3) is 0.812. The number of hydrogen-bond donors (Lipinski definition) is 1. The number of likely N-dealkylation sites (tertiary alicyclic amines) is 1. The molecule has 2 fully saturated rings. The molecule has 1 saturated heterocycles. The van der Waals surface area contributed by atoms with Gasteiger partial charge in [-0.2, -0.15) is 0 Å². The van der Waals surface area contributed by atoms with Crippen LogP contribution in [-0.2, 0) is 19.0 Å². The second-order valence-corrected chi connectivity index (χ2v) is 6.32. The van der Waals surface area contributed by atoms with Gasteiger partial charge in [0.25, 0.3) is 0 Å². The highest BCUT2D eigenvalue weighted by Gasteiger charge is 2.43. The average Bonchev–Trinajstić information content (AvgIpc) is 2.61. The van der Waals surface area contributed by atoms with Crippen molar-refractivity contribution in [2.45, 2.75) is 56.6 Å². The molecule has 0 spiro atoms. The monoisotopic (exact) mass is 342 g/mol. The highest BCUT2D eigenvalue weighted by Crippen LogP contribution is 2.29. The van der Waals surface area contributed by atoms with Crippen LogP contribution < -0.4 is 5.32 Å². The van der Waals surface area contributed by atoms with E-state index in [0.717, 1.165) is 19.3 Å². The smallest absolute Gasteiger partial charge is 0.409 e. The van der Waals surface area contributed by atoms with Crippen molar-refractivity contribution >= 4 is 18.2 Å². The Morgan fingerprint density at radius 2 is 1.62 bits per heavy atom. The number of amides is 2. The van der Waals surface area contributed by atoms with Gasteiger partial charge in [-0.15, -0.1) is 0 Å². The molecule has 8 nitrogen and oxygen atoms in total. The average molecular weight is 342 g/mol. The summed E-state index contributed by atoms with van der Waals surface area (Å²) < 4.78 is 15.0. The number of nitrogens with zero attached hydrogens (tertiary/aromatic N) is 1. The van der Waals surface area contributed by atoms with E-state index in [1.54, 1.807) is 4.90 Å². The third-order valence-electron chi connectivity index (χ3n) is 4.77. The van der Waals surface area contributed by atoms with Crippen LogP contribution in [0.2, 0.25) is 0 Å². The molecule has 0 radical (unpaired) electrons. The summed E-state index contributed by atoms with van der Waals surface area (Å²) in [5.74, 6) is -0.417. The number of esters is 1. The van der Waals surface area contributed by atoms with Crippen molar-refractivity contribution in [2.24, 2.45) is 0 Å². The first-order valence-electron chi connectivity index (χ1n) is 8.41. The van der Waals surface area contributed by atoms with Gasteiger partial charge in [-0.1, -0.05) is 19.3 Å². The van der Waals surface area contributed by atoms with Gasteiger partial charge in [0.2, 0.25) is 0 Å². The zero-order chi connectivity index (χ0) is 17.6. The molecular weight excluding hydrogens is 316 g/mol. The number of hydrogen-bond acceptors (Lipinski definition) is 6. The molecule has 24 heavy (non-hydrogen) atoms. The maximum Gasteiger partial charge on any atom is 0.409 e. The van der Waals surface area contributed by atoms with Gasteiger partial charge in [0.05, 0.1) is 14.2 Å². The molecule has 0 aromatic carbocycles. The summed E-state index contributed by atoms with van der Waals surface area (Å²) in [7, 11) is 2.67. The van der Waals surface area contributed by atoms with E-state index in [9.17, 15) is 14.4 Å². The van der Waals surface area contributed by atoms with Crippen LogP contribution in [0.5, 0.6) is 0 Å². The largest absolute Gasteiger partial charge is 0.467 e. The van der Waals surface area contributed by atoms with Gasteiger partial charge in [-0.3, -0.25) is 0 Å². The molecule has 1 aliphatic carbocycles. The van der Waals surface area contributed by atoms with Crippen molar-refractivity contribution in [3.8, 4) is 0 Å². The predicted molar refractivity (Wildman–Crippen MR) is 84.4 cm³/mol. The lowest BCUT2D eigenvalue weighted by atomic mass is 9.82. The van der Waals surface area contributed by atoms with Crippen LogP contribution in [0, 0.1) is 0 Å². The highest BCUT2D eigenvalue weighted by atomic mass is 16.6. The Kier molecular flexibility index (Phi) is 6.28. The van der Waals surface area contributed by atoms with E-state index in [-0.39, 0.29) is 12.2 Å². The number of alkyl carbamates (subject to hydrolysis) is 1. The van der Waals surface area contributed by atoms with Crippen LogP contribution in [0.15, 0.2) is 0 Å². The van der Waals surface area contributed by atoms with Crippen LogP contribution in [0.4, 0.5) is 9.59 Å². The fourth-order valence-electron chi connectivity index (χ4n) is 3.39. The molecule has 0 aromatic rings. The molecule has 0 aromatic heterocycles. The Balaban J connectivity index is 1.86. The number of carbonyl (C=O) groups is 3. The van der Waals surface area contributed by atoms with Gasteiger partial charge in [0.1, 0.15) is 11.6 Å². The number of carbonyl (C=O) groups excluding carboxylic acids is 3. The Hall–Kier alpha value is -1.99. The maximum atomic E-state index is 12.2. The summed E-state index contributed by atoms with van der Waals surface area (Å²) >= 11 is 0. The molecule has 2 aliphatic rings. The lowest BCUT2D eigenvalue weighted by Gasteiger charge is -2.36. The number of nitrogens with one attached hydrogen (secondary N) is 1. The second kappa shape index (κ2) is 8.21.